The zero-order chi connectivity index (χ0) is 25.2. The van der Waals surface area contributed by atoms with E-state index in [0.717, 1.165) is 6.42 Å². The zero-order valence-electron chi connectivity index (χ0n) is 19.8. The van der Waals surface area contributed by atoms with Gasteiger partial charge in [-0.25, -0.2) is 17.6 Å². The maximum atomic E-state index is 15.1. The zero-order valence-corrected chi connectivity index (χ0v) is 19.8. The van der Waals surface area contributed by atoms with Crippen molar-refractivity contribution in [2.24, 2.45) is 0 Å². The molecule has 1 atom stereocenters. The van der Waals surface area contributed by atoms with Gasteiger partial charge in [0.05, 0.1) is 19.8 Å². The topological polar surface area (TPSA) is 31.0 Å². The van der Waals surface area contributed by atoms with Crippen LogP contribution in [0.1, 0.15) is 42.9 Å². The first-order valence-corrected chi connectivity index (χ1v) is 12.0. The van der Waals surface area contributed by atoms with E-state index in [1.807, 2.05) is 19.1 Å². The maximum Gasteiger partial charge on any atom is 0.167 e. The standard InChI is InChI=1S/C29H26F4O3/c1-2-3-4-5-25-35-14-19(15-36-25)22-11-10-20(26(30)28(22)32)17-6-8-18(9-7-17)21-12-13-23(24-16-34-24)29(33)27(21)31/h2-3,6-13,19,24-25H,4-5,14-16H2,1H3/b3-2+. The second-order valence-corrected chi connectivity index (χ2v) is 9.00. The summed E-state index contributed by atoms with van der Waals surface area (Å²) in [7, 11) is 0. The van der Waals surface area contributed by atoms with E-state index in [-0.39, 0.29) is 41.8 Å². The van der Waals surface area contributed by atoms with Crippen LogP contribution in [0.5, 0.6) is 0 Å². The van der Waals surface area contributed by atoms with Crippen molar-refractivity contribution in [2.45, 2.75) is 38.1 Å². The molecule has 2 saturated heterocycles. The molecule has 2 heterocycles. The first-order valence-electron chi connectivity index (χ1n) is 12.0. The van der Waals surface area contributed by atoms with Crippen molar-refractivity contribution in [1.82, 2.24) is 0 Å². The van der Waals surface area contributed by atoms with E-state index < -0.39 is 35.3 Å². The third-order valence-electron chi connectivity index (χ3n) is 6.62. The van der Waals surface area contributed by atoms with Crippen LogP contribution in [0, 0.1) is 23.3 Å². The van der Waals surface area contributed by atoms with Crippen molar-refractivity contribution in [1.29, 1.82) is 0 Å². The number of rotatable bonds is 7. The minimum absolute atomic E-state index is 0.0811. The van der Waals surface area contributed by atoms with Crippen LogP contribution in [0.2, 0.25) is 0 Å². The van der Waals surface area contributed by atoms with E-state index in [1.165, 1.54) is 18.2 Å². The van der Waals surface area contributed by atoms with E-state index in [4.69, 9.17) is 14.2 Å². The maximum absolute atomic E-state index is 15.1. The number of ether oxygens (including phenoxy) is 3. The minimum Gasteiger partial charge on any atom is -0.368 e. The van der Waals surface area contributed by atoms with Crippen molar-refractivity contribution >= 4 is 0 Å². The first-order chi connectivity index (χ1) is 17.5. The molecule has 0 spiro atoms. The summed E-state index contributed by atoms with van der Waals surface area (Å²) in [5.74, 6) is -4.20. The van der Waals surface area contributed by atoms with E-state index in [2.05, 4.69) is 0 Å². The summed E-state index contributed by atoms with van der Waals surface area (Å²) in [6.07, 6.45) is 4.77. The number of benzene rings is 3. The lowest BCUT2D eigenvalue weighted by Crippen LogP contribution is -2.31. The molecular formula is C29H26F4O3. The molecule has 0 aliphatic carbocycles. The summed E-state index contributed by atoms with van der Waals surface area (Å²) >= 11 is 0. The number of allylic oxidation sites excluding steroid dienone is 2. The van der Waals surface area contributed by atoms with E-state index in [9.17, 15) is 8.78 Å². The van der Waals surface area contributed by atoms with Gasteiger partial charge in [-0.05, 0) is 30.0 Å². The van der Waals surface area contributed by atoms with Gasteiger partial charge < -0.3 is 14.2 Å². The molecule has 0 bridgehead atoms. The van der Waals surface area contributed by atoms with Gasteiger partial charge in [0.25, 0.3) is 0 Å². The quantitative estimate of drug-likeness (QED) is 0.192. The second-order valence-electron chi connectivity index (χ2n) is 9.00. The van der Waals surface area contributed by atoms with Crippen molar-refractivity contribution in [3.05, 3.63) is 95.1 Å². The normalized spacial score (nSPS) is 21.8. The summed E-state index contributed by atoms with van der Waals surface area (Å²) in [5.41, 5.74) is 1.42. The summed E-state index contributed by atoms with van der Waals surface area (Å²) in [5, 5.41) is 0. The van der Waals surface area contributed by atoms with Gasteiger partial charge in [0.2, 0.25) is 0 Å². The molecule has 188 valence electrons. The highest BCUT2D eigenvalue weighted by Gasteiger charge is 2.30. The Bertz CT molecular complexity index is 1260. The molecular weight excluding hydrogens is 472 g/mol. The Morgan fingerprint density at radius 2 is 1.22 bits per heavy atom. The molecule has 0 aromatic heterocycles. The molecule has 36 heavy (non-hydrogen) atoms. The summed E-state index contributed by atoms with van der Waals surface area (Å²) in [6, 6.07) is 12.3. The lowest BCUT2D eigenvalue weighted by atomic mass is 9.94. The van der Waals surface area contributed by atoms with Crippen LogP contribution < -0.4 is 0 Å². The van der Waals surface area contributed by atoms with Crippen LogP contribution in [-0.2, 0) is 14.2 Å². The Morgan fingerprint density at radius 3 is 1.75 bits per heavy atom. The van der Waals surface area contributed by atoms with Crippen molar-refractivity contribution in [3.63, 3.8) is 0 Å². The third-order valence-corrected chi connectivity index (χ3v) is 6.62. The fraction of sp³-hybridized carbons (Fsp3) is 0.310. The molecule has 1 unspecified atom stereocenters. The van der Waals surface area contributed by atoms with Crippen molar-refractivity contribution in [3.8, 4) is 22.3 Å². The summed E-state index contributed by atoms with van der Waals surface area (Å²) in [4.78, 5) is 0. The lowest BCUT2D eigenvalue weighted by Gasteiger charge is -2.30. The van der Waals surface area contributed by atoms with Crippen molar-refractivity contribution in [2.75, 3.05) is 19.8 Å². The summed E-state index contributed by atoms with van der Waals surface area (Å²) < 4.78 is 75.5. The number of halogens is 4. The van der Waals surface area contributed by atoms with Crippen LogP contribution >= 0.6 is 0 Å². The second kappa shape index (κ2) is 10.5. The number of hydrogen-bond donors (Lipinski definition) is 0. The predicted octanol–water partition coefficient (Wildman–Crippen LogP) is 7.46. The predicted molar refractivity (Wildman–Crippen MR) is 128 cm³/mol. The average molecular weight is 499 g/mol. The van der Waals surface area contributed by atoms with E-state index >= 15 is 8.78 Å². The SMILES string of the molecule is C/C=C/CCC1OCC(c2ccc(-c3ccc(-c4ccc(C5CO5)c(F)c4F)cc3)c(F)c2F)CO1. The molecule has 0 amide bonds. The molecule has 3 nitrogen and oxygen atoms in total. The molecule has 2 fully saturated rings. The molecule has 0 radical (unpaired) electrons. The Morgan fingerprint density at radius 1 is 0.694 bits per heavy atom. The van der Waals surface area contributed by atoms with E-state index in [1.54, 1.807) is 30.3 Å². The third kappa shape index (κ3) is 4.96. The Hall–Kier alpha value is -3.00. The molecule has 3 aromatic carbocycles. The molecule has 0 saturated carbocycles. The van der Waals surface area contributed by atoms with Gasteiger partial charge in [-0.2, -0.15) is 0 Å². The van der Waals surface area contributed by atoms with Crippen LogP contribution in [-0.4, -0.2) is 26.1 Å². The monoisotopic (exact) mass is 498 g/mol. The number of epoxide rings is 1. The lowest BCUT2D eigenvalue weighted by molar-refractivity contribution is -0.189. The molecule has 3 aromatic rings. The van der Waals surface area contributed by atoms with Crippen LogP contribution in [0.3, 0.4) is 0 Å². The largest absolute Gasteiger partial charge is 0.368 e. The average Bonchev–Trinajstić information content (AvgIpc) is 3.74. The fourth-order valence-electron chi connectivity index (χ4n) is 4.48. The van der Waals surface area contributed by atoms with Crippen LogP contribution in [0.15, 0.2) is 60.7 Å². The Labute approximate surface area is 207 Å². The molecule has 7 heteroatoms. The summed E-state index contributed by atoms with van der Waals surface area (Å²) in [6.45, 7) is 2.82. The molecule has 0 N–H and O–H groups in total. The van der Waals surface area contributed by atoms with Gasteiger partial charge in [0.15, 0.2) is 29.6 Å². The number of hydrogen-bond acceptors (Lipinski definition) is 3. The van der Waals surface area contributed by atoms with E-state index in [0.29, 0.717) is 24.2 Å². The van der Waals surface area contributed by atoms with Crippen molar-refractivity contribution < 1.29 is 31.8 Å². The van der Waals surface area contributed by atoms with Gasteiger partial charge in [-0.3, -0.25) is 0 Å². The fourth-order valence-corrected chi connectivity index (χ4v) is 4.48. The smallest absolute Gasteiger partial charge is 0.167 e. The minimum atomic E-state index is -0.971. The van der Waals surface area contributed by atoms with Gasteiger partial charge in [-0.15, -0.1) is 0 Å². The Kier molecular flexibility index (Phi) is 7.23. The van der Waals surface area contributed by atoms with Gasteiger partial charge in [-0.1, -0.05) is 60.7 Å². The van der Waals surface area contributed by atoms with Gasteiger partial charge in [0.1, 0.15) is 6.10 Å². The highest BCUT2D eigenvalue weighted by molar-refractivity contribution is 5.71. The highest BCUT2D eigenvalue weighted by atomic mass is 19.2. The molecule has 2 aliphatic heterocycles. The van der Waals surface area contributed by atoms with Gasteiger partial charge >= 0.3 is 0 Å². The van der Waals surface area contributed by atoms with Crippen LogP contribution in [0.4, 0.5) is 17.6 Å². The van der Waals surface area contributed by atoms with Crippen LogP contribution in [0.25, 0.3) is 22.3 Å². The first kappa shape index (κ1) is 24.7. The molecule has 2 aliphatic rings. The highest BCUT2D eigenvalue weighted by Crippen LogP contribution is 2.37. The van der Waals surface area contributed by atoms with Gasteiger partial charge in [0, 0.05) is 29.0 Å². The molecule has 5 rings (SSSR count). The Balaban J connectivity index is 1.32.